The number of hydrogen-bond donors (Lipinski definition) is 2. The van der Waals surface area contributed by atoms with Gasteiger partial charge in [0.25, 0.3) is 0 Å². The summed E-state index contributed by atoms with van der Waals surface area (Å²) in [7, 11) is 2.00. The van der Waals surface area contributed by atoms with Crippen molar-refractivity contribution >= 4 is 0 Å². The summed E-state index contributed by atoms with van der Waals surface area (Å²) in [6, 6.07) is 0. The molecule has 0 fully saturated rings. The van der Waals surface area contributed by atoms with E-state index in [1.807, 2.05) is 0 Å². The zero-order valence-corrected chi connectivity index (χ0v) is 12.6. The Morgan fingerprint density at radius 2 is 0.933 bits per heavy atom. The molecule has 0 bridgehead atoms. The molecule has 0 aliphatic heterocycles. The van der Waals surface area contributed by atoms with Crippen LogP contribution in [0.1, 0.15) is 52.4 Å². The Kier molecular flexibility index (Phi) is 122. The van der Waals surface area contributed by atoms with Gasteiger partial charge in [0.05, 0.1) is 0 Å². The minimum atomic E-state index is 0. The van der Waals surface area contributed by atoms with Gasteiger partial charge in [0.2, 0.25) is 0 Å². The van der Waals surface area contributed by atoms with Crippen LogP contribution in [-0.2, 0) is 21.7 Å². The van der Waals surface area contributed by atoms with Gasteiger partial charge in [-0.15, -0.1) is 0 Å². The summed E-state index contributed by atoms with van der Waals surface area (Å²) < 4.78 is 0. The predicted octanol–water partition coefficient (Wildman–Crippen LogP) is 3.24. The molecule has 0 saturated heterocycles. The Morgan fingerprint density at radius 3 is 0.933 bits per heavy atom. The van der Waals surface area contributed by atoms with Gasteiger partial charge in [-0.3, -0.25) is 0 Å². The summed E-state index contributed by atoms with van der Waals surface area (Å²) in [6.07, 6.45) is 7.31. The van der Waals surface area contributed by atoms with Crippen LogP contribution in [0.5, 0.6) is 0 Å². The maximum atomic E-state index is 7.00. The molecule has 2 nitrogen and oxygen atoms in total. The van der Waals surface area contributed by atoms with Crippen LogP contribution >= 0.6 is 0 Å². The Hall–Kier alpha value is 0.634. The number of rotatable bonds is 4. The molecule has 3 heteroatoms. The molecule has 0 spiro atoms. The van der Waals surface area contributed by atoms with Gasteiger partial charge in [0, 0.05) is 14.2 Å². The van der Waals surface area contributed by atoms with Crippen molar-refractivity contribution in [2.75, 3.05) is 14.2 Å². The third-order valence-electron chi connectivity index (χ3n) is 1.21. The van der Waals surface area contributed by atoms with Crippen LogP contribution in [0.15, 0.2) is 0 Å². The normalized spacial score (nSPS) is 6.40. The molecule has 0 aromatic heterocycles. The maximum absolute atomic E-state index is 7.00. The molecule has 0 rings (SSSR count). The van der Waals surface area contributed by atoms with E-state index in [9.17, 15) is 0 Å². The van der Waals surface area contributed by atoms with Crippen molar-refractivity contribution in [3.63, 3.8) is 0 Å². The topological polar surface area (TPSA) is 40.5 Å². The van der Waals surface area contributed by atoms with Gasteiger partial charge in [-0.05, 0) is 0 Å². The second-order valence-corrected chi connectivity index (χ2v) is 2.41. The molecule has 2 N–H and O–H groups in total. The minimum absolute atomic E-state index is 0. The zero-order chi connectivity index (χ0) is 12.2. The molecule has 0 unspecified atom stereocenters. The van der Waals surface area contributed by atoms with E-state index < -0.39 is 0 Å². The molecule has 0 saturated carbocycles. The first-order valence-electron chi connectivity index (χ1n) is 5.31. The SMILES string of the molecule is CO.CO.[CH2-]CCCC.[CH2-]CCCC.[Ti+2]. The summed E-state index contributed by atoms with van der Waals surface area (Å²) in [4.78, 5) is 0. The average molecular weight is 254 g/mol. The van der Waals surface area contributed by atoms with Gasteiger partial charge in [0.15, 0.2) is 0 Å². The molecule has 15 heavy (non-hydrogen) atoms. The van der Waals surface area contributed by atoms with Crippen LogP contribution in [-0.4, -0.2) is 24.4 Å². The first-order chi connectivity index (χ1) is 6.83. The van der Waals surface area contributed by atoms with Gasteiger partial charge >= 0.3 is 21.7 Å². The second-order valence-electron chi connectivity index (χ2n) is 2.41. The van der Waals surface area contributed by atoms with Crippen molar-refractivity contribution < 1.29 is 31.9 Å². The van der Waals surface area contributed by atoms with E-state index in [0.29, 0.717) is 0 Å². The van der Waals surface area contributed by atoms with Gasteiger partial charge < -0.3 is 24.1 Å². The summed E-state index contributed by atoms with van der Waals surface area (Å²) in [5.74, 6) is 0. The van der Waals surface area contributed by atoms with E-state index in [4.69, 9.17) is 10.2 Å². The molecule has 0 radical (unpaired) electrons. The third kappa shape index (κ3) is 109. The van der Waals surface area contributed by atoms with Crippen LogP contribution in [0.4, 0.5) is 0 Å². The number of unbranched alkanes of at least 4 members (excludes halogenated alkanes) is 4. The molecular weight excluding hydrogens is 224 g/mol. The van der Waals surface area contributed by atoms with Gasteiger partial charge in [0.1, 0.15) is 0 Å². The molecule has 0 aliphatic rings. The monoisotopic (exact) mass is 254 g/mol. The fourth-order valence-corrected chi connectivity index (χ4v) is 0.500. The van der Waals surface area contributed by atoms with Crippen molar-refractivity contribution in [3.8, 4) is 0 Å². The summed E-state index contributed by atoms with van der Waals surface area (Å²) in [5.41, 5.74) is 0. The Morgan fingerprint density at radius 1 is 0.733 bits per heavy atom. The predicted molar refractivity (Wildman–Crippen MR) is 66.0 cm³/mol. The average Bonchev–Trinajstić information content (AvgIpc) is 2.27. The van der Waals surface area contributed by atoms with Gasteiger partial charge in [-0.2, -0.15) is 12.8 Å². The van der Waals surface area contributed by atoms with E-state index in [0.717, 1.165) is 27.1 Å². The second kappa shape index (κ2) is 61.8. The first-order valence-corrected chi connectivity index (χ1v) is 5.31. The number of hydrogen-bond acceptors (Lipinski definition) is 2. The Labute approximate surface area is 112 Å². The van der Waals surface area contributed by atoms with E-state index in [1.165, 1.54) is 25.7 Å². The molecule has 0 atom stereocenters. The van der Waals surface area contributed by atoms with E-state index in [-0.39, 0.29) is 21.7 Å². The van der Waals surface area contributed by atoms with Crippen molar-refractivity contribution in [3.05, 3.63) is 13.8 Å². The largest absolute Gasteiger partial charge is 2.00 e. The van der Waals surface area contributed by atoms with Crippen molar-refractivity contribution in [1.29, 1.82) is 0 Å². The number of aliphatic hydroxyl groups excluding tert-OH is 2. The van der Waals surface area contributed by atoms with E-state index in [1.54, 1.807) is 0 Å². The molecule has 0 aromatic rings. The molecule has 0 heterocycles. The molecule has 94 valence electrons. The molecule has 0 amide bonds. The fourth-order valence-electron chi connectivity index (χ4n) is 0.500. The van der Waals surface area contributed by atoms with Crippen molar-refractivity contribution in [1.82, 2.24) is 0 Å². The van der Waals surface area contributed by atoms with Crippen LogP contribution in [0.2, 0.25) is 0 Å². The van der Waals surface area contributed by atoms with Crippen LogP contribution in [0.25, 0.3) is 0 Å². The Balaban J connectivity index is -0.0000000318. The smallest absolute Gasteiger partial charge is 0.400 e. The summed E-state index contributed by atoms with van der Waals surface area (Å²) in [6.45, 7) is 11.7. The molecular formula is C12H30O2Ti. The van der Waals surface area contributed by atoms with Crippen LogP contribution in [0.3, 0.4) is 0 Å². The van der Waals surface area contributed by atoms with Crippen LogP contribution < -0.4 is 0 Å². The quantitative estimate of drug-likeness (QED) is 0.597. The molecule has 0 aromatic carbocycles. The van der Waals surface area contributed by atoms with Gasteiger partial charge in [-0.25, -0.2) is 0 Å². The zero-order valence-electron chi connectivity index (χ0n) is 11.1. The van der Waals surface area contributed by atoms with E-state index in [2.05, 4.69) is 27.7 Å². The molecule has 0 aliphatic carbocycles. The minimum Gasteiger partial charge on any atom is -0.400 e. The summed E-state index contributed by atoms with van der Waals surface area (Å²) >= 11 is 0. The van der Waals surface area contributed by atoms with Gasteiger partial charge in [-0.1, -0.05) is 39.5 Å². The van der Waals surface area contributed by atoms with Crippen LogP contribution in [0, 0.1) is 13.8 Å². The maximum Gasteiger partial charge on any atom is 2.00 e. The third-order valence-corrected chi connectivity index (χ3v) is 1.21. The Bertz CT molecular complexity index is 34.6. The van der Waals surface area contributed by atoms with E-state index >= 15 is 0 Å². The first kappa shape index (κ1) is 29.6. The summed E-state index contributed by atoms with van der Waals surface area (Å²) in [5, 5.41) is 14.0. The standard InChI is InChI=1S/2C5H11.2CH4O.Ti/c2*1-3-5-4-2;2*1-2;/h2*1,3-5H2,2H3;2*2H,1H3;/q2*-1;;;+2. The van der Waals surface area contributed by atoms with Crippen molar-refractivity contribution in [2.24, 2.45) is 0 Å². The number of aliphatic hydroxyl groups is 2. The fraction of sp³-hybridized carbons (Fsp3) is 0.833. The van der Waals surface area contributed by atoms with Crippen molar-refractivity contribution in [2.45, 2.75) is 52.4 Å².